The molecule has 8 heteroatoms. The first-order valence-electron chi connectivity index (χ1n) is 10.4. The second-order valence-corrected chi connectivity index (χ2v) is 8.68. The summed E-state index contributed by atoms with van der Waals surface area (Å²) >= 11 is 0. The van der Waals surface area contributed by atoms with Crippen LogP contribution in [0.2, 0.25) is 0 Å². The van der Waals surface area contributed by atoms with Crippen molar-refractivity contribution >= 4 is 23.2 Å². The molecule has 2 N–H and O–H groups in total. The number of amides is 2. The predicted molar refractivity (Wildman–Crippen MR) is 120 cm³/mol. The zero-order chi connectivity index (χ0) is 24.2. The summed E-state index contributed by atoms with van der Waals surface area (Å²) in [7, 11) is 0. The Kier molecular flexibility index (Phi) is 6.95. The van der Waals surface area contributed by atoms with Crippen LogP contribution in [0.15, 0.2) is 65.3 Å². The number of halogens is 3. The van der Waals surface area contributed by atoms with Crippen molar-refractivity contribution in [3.63, 3.8) is 0 Å². The van der Waals surface area contributed by atoms with Gasteiger partial charge in [-0.25, -0.2) is 0 Å². The monoisotopic (exact) mass is 458 g/mol. The largest absolute Gasteiger partial charge is 0.459 e. The van der Waals surface area contributed by atoms with E-state index >= 15 is 0 Å². The fourth-order valence-corrected chi connectivity index (χ4v) is 3.21. The molecule has 174 valence electrons. The van der Waals surface area contributed by atoms with Gasteiger partial charge in [0, 0.05) is 12.1 Å². The smallest absolute Gasteiger partial charge is 0.418 e. The molecule has 0 saturated heterocycles. The number of nitrogens with one attached hydrogen (secondary N) is 2. The van der Waals surface area contributed by atoms with Gasteiger partial charge in [-0.05, 0) is 53.3 Å². The van der Waals surface area contributed by atoms with E-state index in [2.05, 4.69) is 31.4 Å². The first-order chi connectivity index (χ1) is 15.4. The Morgan fingerprint density at radius 2 is 1.64 bits per heavy atom. The van der Waals surface area contributed by atoms with Crippen LogP contribution in [0.3, 0.4) is 0 Å². The lowest BCUT2D eigenvalue weighted by Gasteiger charge is -2.19. The predicted octanol–water partition coefficient (Wildman–Crippen LogP) is 6.42. The number of carbonyl (C=O) groups excluding carboxylic acids is 2. The summed E-state index contributed by atoms with van der Waals surface area (Å²) in [5.41, 5.74) is 0.595. The first kappa shape index (κ1) is 24.1. The molecule has 0 radical (unpaired) electrons. The Labute approximate surface area is 190 Å². The molecular formula is C25H25F3N2O3. The van der Waals surface area contributed by atoms with Crippen LogP contribution < -0.4 is 10.6 Å². The Morgan fingerprint density at radius 1 is 0.939 bits per heavy atom. The highest BCUT2D eigenvalue weighted by Gasteiger charge is 2.34. The fraction of sp³-hybridized carbons (Fsp3) is 0.280. The Hall–Kier alpha value is -3.55. The molecule has 0 fully saturated rings. The average molecular weight is 458 g/mol. The molecule has 0 aliphatic heterocycles. The molecule has 0 unspecified atom stereocenters. The van der Waals surface area contributed by atoms with Gasteiger partial charge in [0.15, 0.2) is 5.76 Å². The number of hydrogen-bond donors (Lipinski definition) is 2. The molecule has 1 aromatic heterocycles. The molecule has 0 aliphatic carbocycles. The zero-order valence-corrected chi connectivity index (χ0v) is 18.5. The highest BCUT2D eigenvalue weighted by atomic mass is 19.4. The van der Waals surface area contributed by atoms with Crippen molar-refractivity contribution in [2.24, 2.45) is 0 Å². The lowest BCUT2D eigenvalue weighted by molar-refractivity contribution is -0.136. The summed E-state index contributed by atoms with van der Waals surface area (Å²) in [6.07, 6.45) is -3.01. The summed E-state index contributed by atoms with van der Waals surface area (Å²) in [4.78, 5) is 24.4. The molecule has 2 amide bonds. The van der Waals surface area contributed by atoms with E-state index in [9.17, 15) is 22.8 Å². The van der Waals surface area contributed by atoms with Crippen LogP contribution in [0.1, 0.15) is 54.4 Å². The maximum absolute atomic E-state index is 13.6. The number of hydrogen-bond acceptors (Lipinski definition) is 3. The van der Waals surface area contributed by atoms with E-state index in [0.717, 1.165) is 23.3 Å². The van der Waals surface area contributed by atoms with Gasteiger partial charge < -0.3 is 15.1 Å². The van der Waals surface area contributed by atoms with Crippen molar-refractivity contribution in [2.45, 2.75) is 45.2 Å². The van der Waals surface area contributed by atoms with Crippen LogP contribution in [-0.2, 0) is 22.8 Å². The number of furan rings is 1. The second kappa shape index (κ2) is 9.52. The third kappa shape index (κ3) is 6.47. The van der Waals surface area contributed by atoms with Crippen molar-refractivity contribution in [1.82, 2.24) is 0 Å². The average Bonchev–Trinajstić information content (AvgIpc) is 3.27. The molecule has 1 heterocycles. The molecule has 33 heavy (non-hydrogen) atoms. The Morgan fingerprint density at radius 3 is 2.21 bits per heavy atom. The third-order valence-electron chi connectivity index (χ3n) is 5.06. The van der Waals surface area contributed by atoms with E-state index < -0.39 is 23.6 Å². The van der Waals surface area contributed by atoms with Gasteiger partial charge in [0.05, 0.1) is 17.5 Å². The highest BCUT2D eigenvalue weighted by Crippen LogP contribution is 2.37. The van der Waals surface area contributed by atoms with Crippen molar-refractivity contribution in [3.8, 4) is 0 Å². The molecule has 0 saturated carbocycles. The van der Waals surface area contributed by atoms with E-state index in [1.807, 2.05) is 24.3 Å². The number of benzene rings is 2. The van der Waals surface area contributed by atoms with Gasteiger partial charge in [0.25, 0.3) is 5.91 Å². The van der Waals surface area contributed by atoms with Crippen molar-refractivity contribution in [2.75, 3.05) is 10.6 Å². The van der Waals surface area contributed by atoms with E-state index in [1.54, 1.807) is 0 Å². The lowest BCUT2D eigenvalue weighted by Crippen LogP contribution is -2.18. The van der Waals surface area contributed by atoms with Gasteiger partial charge >= 0.3 is 6.18 Å². The van der Waals surface area contributed by atoms with Crippen LogP contribution in [0.5, 0.6) is 0 Å². The lowest BCUT2D eigenvalue weighted by atomic mass is 9.86. The topological polar surface area (TPSA) is 71.3 Å². The fourth-order valence-electron chi connectivity index (χ4n) is 3.21. The molecule has 0 spiro atoms. The van der Waals surface area contributed by atoms with Crippen LogP contribution in [0, 0.1) is 0 Å². The third-order valence-corrected chi connectivity index (χ3v) is 5.06. The minimum atomic E-state index is -4.73. The molecule has 0 bridgehead atoms. The van der Waals surface area contributed by atoms with Crippen molar-refractivity contribution < 1.29 is 27.2 Å². The molecule has 5 nitrogen and oxygen atoms in total. The Balaban J connectivity index is 1.67. The SMILES string of the molecule is CC(C)(C)c1ccc(CCC(=O)Nc2ccc(NC(=O)c3ccco3)cc2C(F)(F)F)cc1. The zero-order valence-electron chi connectivity index (χ0n) is 18.5. The Bertz CT molecular complexity index is 1110. The van der Waals surface area contributed by atoms with Gasteiger partial charge in [0.1, 0.15) is 0 Å². The minimum absolute atomic E-state index is 0.00743. The van der Waals surface area contributed by atoms with Crippen LogP contribution in [-0.4, -0.2) is 11.8 Å². The molecule has 0 atom stereocenters. The van der Waals surface area contributed by atoms with Crippen molar-refractivity contribution in [1.29, 1.82) is 0 Å². The van der Waals surface area contributed by atoms with E-state index in [4.69, 9.17) is 4.42 Å². The summed E-state index contributed by atoms with van der Waals surface area (Å²) in [5.74, 6) is -1.24. The maximum Gasteiger partial charge on any atom is 0.418 e. The first-order valence-corrected chi connectivity index (χ1v) is 10.4. The molecule has 3 aromatic rings. The van der Waals surface area contributed by atoms with Gasteiger partial charge in [0.2, 0.25) is 5.91 Å². The number of carbonyl (C=O) groups is 2. The number of rotatable bonds is 6. The summed E-state index contributed by atoms with van der Waals surface area (Å²) in [6, 6.07) is 13.9. The molecule has 0 aliphatic rings. The molecule has 2 aromatic carbocycles. The summed E-state index contributed by atoms with van der Waals surface area (Å²) in [5, 5.41) is 4.69. The quantitative estimate of drug-likeness (QED) is 0.448. The van der Waals surface area contributed by atoms with Crippen LogP contribution >= 0.6 is 0 Å². The number of alkyl halides is 3. The normalized spacial score (nSPS) is 11.8. The second-order valence-electron chi connectivity index (χ2n) is 8.68. The highest BCUT2D eigenvalue weighted by molar-refractivity contribution is 6.02. The van der Waals surface area contributed by atoms with E-state index in [0.29, 0.717) is 6.42 Å². The van der Waals surface area contributed by atoms with Gasteiger partial charge in [-0.1, -0.05) is 45.0 Å². The van der Waals surface area contributed by atoms with E-state index in [-0.39, 0.29) is 29.0 Å². The molecule has 3 rings (SSSR count). The standard InChI is InChI=1S/C25H25F3N2O3/c1-24(2,3)17-9-6-16(7-10-17)8-13-22(31)30-20-12-11-18(15-19(20)25(26,27)28)29-23(32)21-5-4-14-33-21/h4-7,9-12,14-15H,8,13H2,1-3H3,(H,29,32)(H,30,31). The minimum Gasteiger partial charge on any atom is -0.459 e. The van der Waals surface area contributed by atoms with E-state index in [1.165, 1.54) is 24.5 Å². The van der Waals surface area contributed by atoms with Gasteiger partial charge in [-0.2, -0.15) is 13.2 Å². The summed E-state index contributed by atoms with van der Waals surface area (Å²) in [6.45, 7) is 6.30. The van der Waals surface area contributed by atoms with Gasteiger partial charge in [-0.15, -0.1) is 0 Å². The van der Waals surface area contributed by atoms with Gasteiger partial charge in [-0.3, -0.25) is 9.59 Å². The molecular weight excluding hydrogens is 433 g/mol. The summed E-state index contributed by atoms with van der Waals surface area (Å²) < 4.78 is 45.7. The van der Waals surface area contributed by atoms with Crippen LogP contribution in [0.25, 0.3) is 0 Å². The van der Waals surface area contributed by atoms with Crippen LogP contribution in [0.4, 0.5) is 24.5 Å². The maximum atomic E-state index is 13.6. The van der Waals surface area contributed by atoms with Crippen molar-refractivity contribution in [3.05, 3.63) is 83.3 Å². The number of aryl methyl sites for hydroxylation is 1. The number of anilines is 2.